The van der Waals surface area contributed by atoms with Crippen molar-refractivity contribution < 1.29 is 72.7 Å². The topological polar surface area (TPSA) is 266 Å². The zero-order valence-corrected chi connectivity index (χ0v) is 73.5. The number of likely N-dealkylation sites (tertiary alicyclic amines) is 5. The molecule has 20 nitrogen and oxygen atoms in total. The molecule has 0 aliphatic carbocycles. The molecular formula is C92H145N5O15S. The Morgan fingerprint density at radius 2 is 0.717 bits per heavy atom. The van der Waals surface area contributed by atoms with E-state index in [4.69, 9.17) is 14.6 Å². The molecule has 0 aromatic heterocycles. The van der Waals surface area contributed by atoms with Crippen molar-refractivity contribution in [2.45, 2.75) is 264 Å². The first-order valence-electron chi connectivity index (χ1n) is 41.8. The van der Waals surface area contributed by atoms with Crippen LogP contribution in [0.2, 0.25) is 0 Å². The van der Waals surface area contributed by atoms with Gasteiger partial charge in [-0.25, -0.2) is 14.4 Å². The van der Waals surface area contributed by atoms with Gasteiger partial charge in [-0.05, 0) is 201 Å². The van der Waals surface area contributed by atoms with Gasteiger partial charge >= 0.3 is 17.9 Å². The van der Waals surface area contributed by atoms with Gasteiger partial charge in [-0.1, -0.05) is 195 Å². The van der Waals surface area contributed by atoms with Crippen molar-refractivity contribution in [1.29, 1.82) is 0 Å². The summed E-state index contributed by atoms with van der Waals surface area (Å²) in [7, 11) is 1.38. The van der Waals surface area contributed by atoms with Crippen molar-refractivity contribution in [2.75, 3.05) is 58.4 Å². The SMILES string of the molecule is C=C(O)C(CCSC)C(C)C.CC(=O)[C@@H]1CCCN1C(=O)C(CO)C(C)C.CC(=O)[C@@H]1CCCN1C(=O)C(Cc1ccccc1)C(C)C.CC(C)C(Cc1ccccc1)C(=O)N1CCC[C@H]1C(=O)OC(C)(C)C.CC(C)CC(C(=O)N1CCC[C@H]1C(=O)O)C(C)C.COC(=O)[C@@H]1CCCN1C(=O)C(Cc1ccccc1)C(C)C. The van der Waals surface area contributed by atoms with Crippen LogP contribution in [0.15, 0.2) is 103 Å². The number of rotatable bonds is 29. The number of esters is 2. The number of ether oxygens (including phenoxy) is 2. The molecule has 11 atom stereocenters. The number of carboxylic acid groups (broad SMARTS) is 1. The number of methoxy groups -OCH3 is 1. The minimum absolute atomic E-state index is 0.0311. The van der Waals surface area contributed by atoms with E-state index in [0.717, 1.165) is 87.6 Å². The number of benzene rings is 3. The van der Waals surface area contributed by atoms with Crippen molar-refractivity contribution in [2.24, 2.45) is 76.9 Å². The van der Waals surface area contributed by atoms with Crippen LogP contribution in [0, 0.1) is 76.9 Å². The van der Waals surface area contributed by atoms with Crippen LogP contribution in [0.1, 0.15) is 225 Å². The Balaban J connectivity index is 0.000000356. The highest BCUT2D eigenvalue weighted by molar-refractivity contribution is 7.98. The zero-order valence-electron chi connectivity index (χ0n) is 72.7. The van der Waals surface area contributed by atoms with Crippen molar-refractivity contribution in [3.8, 4) is 0 Å². The third kappa shape index (κ3) is 32.7. The number of Topliss-reactive ketones (excluding diaryl/α,β-unsaturated/α-hetero) is 2. The molecule has 5 aliphatic heterocycles. The summed E-state index contributed by atoms with van der Waals surface area (Å²) in [5, 5.41) is 27.6. The van der Waals surface area contributed by atoms with E-state index in [-0.39, 0.29) is 137 Å². The first kappa shape index (κ1) is 99.8. The summed E-state index contributed by atoms with van der Waals surface area (Å²) in [6.07, 6.45) is 14.0. The second-order valence-corrected chi connectivity index (χ2v) is 35.8. The average Bonchev–Trinajstić information content (AvgIpc) is 1.75. The highest BCUT2D eigenvalue weighted by Crippen LogP contribution is 2.33. The number of hydrogen-bond donors (Lipinski definition) is 3. The monoisotopic (exact) mass is 1590 g/mol. The molecule has 0 radical (unpaired) electrons. The highest BCUT2D eigenvalue weighted by Gasteiger charge is 2.43. The summed E-state index contributed by atoms with van der Waals surface area (Å²) < 4.78 is 10.4. The van der Waals surface area contributed by atoms with Crippen molar-refractivity contribution in [1.82, 2.24) is 24.5 Å². The third-order valence-corrected chi connectivity index (χ3v) is 23.0. The Labute approximate surface area is 683 Å². The second-order valence-electron chi connectivity index (χ2n) is 34.8. The molecule has 113 heavy (non-hydrogen) atoms. The number of ketones is 2. The Bertz CT molecular complexity index is 3410. The molecule has 0 bridgehead atoms. The maximum Gasteiger partial charge on any atom is 0.329 e. The second kappa shape index (κ2) is 50.2. The largest absolute Gasteiger partial charge is 0.513 e. The number of aliphatic hydroxyl groups is 2. The average molecular weight is 1590 g/mol. The van der Waals surface area contributed by atoms with Crippen LogP contribution < -0.4 is 0 Å². The molecule has 3 aromatic rings. The smallest absolute Gasteiger partial charge is 0.329 e. The summed E-state index contributed by atoms with van der Waals surface area (Å²) in [5.74, 6) is 2.02. The molecule has 5 aliphatic rings. The first-order chi connectivity index (χ1) is 53.1. The van der Waals surface area contributed by atoms with Crippen LogP contribution in [0.3, 0.4) is 0 Å². The lowest BCUT2D eigenvalue weighted by atomic mass is 9.86. The number of nitrogens with zero attached hydrogens (tertiary/aromatic N) is 5. The minimum Gasteiger partial charge on any atom is -0.513 e. The quantitative estimate of drug-likeness (QED) is 0.0431. The molecule has 6 unspecified atom stereocenters. The van der Waals surface area contributed by atoms with Gasteiger partial charge in [0, 0.05) is 62.3 Å². The Hall–Kier alpha value is -7.39. The normalized spacial score (nSPS) is 19.6. The number of hydrogen-bond acceptors (Lipinski definition) is 15. The van der Waals surface area contributed by atoms with Gasteiger partial charge < -0.3 is 49.3 Å². The zero-order chi connectivity index (χ0) is 85.1. The summed E-state index contributed by atoms with van der Waals surface area (Å²) in [6, 6.07) is 28.3. The van der Waals surface area contributed by atoms with E-state index in [1.165, 1.54) is 19.6 Å². The number of carbonyl (C=O) groups is 10. The van der Waals surface area contributed by atoms with Gasteiger partial charge in [0.05, 0.1) is 37.5 Å². The maximum absolute atomic E-state index is 13.2. The molecule has 8 rings (SSSR count). The van der Waals surface area contributed by atoms with Crippen LogP contribution >= 0.6 is 11.8 Å². The Morgan fingerprint density at radius 1 is 0.434 bits per heavy atom. The minimum atomic E-state index is -0.868. The lowest BCUT2D eigenvalue weighted by molar-refractivity contribution is -0.164. The number of carboxylic acids is 1. The lowest BCUT2D eigenvalue weighted by Crippen LogP contribution is -2.47. The van der Waals surface area contributed by atoms with Crippen LogP contribution in [0.25, 0.3) is 0 Å². The van der Waals surface area contributed by atoms with Crippen LogP contribution in [-0.4, -0.2) is 193 Å². The molecule has 0 saturated carbocycles. The lowest BCUT2D eigenvalue weighted by Gasteiger charge is -2.31. The van der Waals surface area contributed by atoms with Gasteiger partial charge in [0.15, 0.2) is 11.6 Å². The van der Waals surface area contributed by atoms with E-state index in [2.05, 4.69) is 106 Å². The first-order valence-corrected chi connectivity index (χ1v) is 43.2. The van der Waals surface area contributed by atoms with E-state index in [0.29, 0.717) is 75.9 Å². The van der Waals surface area contributed by atoms with Crippen LogP contribution in [0.4, 0.5) is 0 Å². The molecular weight excluding hydrogens is 1450 g/mol. The Kier molecular flexibility index (Phi) is 44.3. The van der Waals surface area contributed by atoms with Crippen molar-refractivity contribution in [3.05, 3.63) is 120 Å². The number of amides is 5. The van der Waals surface area contributed by atoms with E-state index in [1.807, 2.05) is 132 Å². The summed E-state index contributed by atoms with van der Waals surface area (Å²) in [4.78, 5) is 131. The summed E-state index contributed by atoms with van der Waals surface area (Å²) in [6.45, 7) is 44.2. The van der Waals surface area contributed by atoms with Crippen LogP contribution in [-0.2, 0) is 76.7 Å². The van der Waals surface area contributed by atoms with E-state index in [9.17, 15) is 58.2 Å². The molecule has 3 N–H and O–H groups in total. The summed E-state index contributed by atoms with van der Waals surface area (Å²) in [5.41, 5.74) is 2.96. The number of aliphatic hydroxyl groups excluding tert-OH is 2. The molecule has 5 fully saturated rings. The van der Waals surface area contributed by atoms with Gasteiger partial charge in [0.1, 0.15) is 23.7 Å². The Morgan fingerprint density at radius 3 is 0.982 bits per heavy atom. The van der Waals surface area contributed by atoms with Crippen LogP contribution in [0.5, 0.6) is 0 Å². The van der Waals surface area contributed by atoms with Gasteiger partial charge in [0.25, 0.3) is 0 Å². The van der Waals surface area contributed by atoms with E-state index < -0.39 is 29.7 Å². The van der Waals surface area contributed by atoms with Gasteiger partial charge in [-0.3, -0.25) is 33.6 Å². The third-order valence-electron chi connectivity index (χ3n) is 22.3. The molecule has 5 saturated heterocycles. The predicted octanol–water partition coefficient (Wildman–Crippen LogP) is 15.9. The van der Waals surface area contributed by atoms with Crippen molar-refractivity contribution in [3.63, 3.8) is 0 Å². The number of thioether (sulfide) groups is 1. The molecule has 21 heteroatoms. The maximum atomic E-state index is 13.2. The standard InChI is InChI=1S/C21H31NO3.C18H25NO3.C18H25NO2.C14H25NO3.C12H21NO3.C9H18OS/c1-15(2)17(14-16-10-7-6-8-11-16)19(23)22-13-9-12-18(22)20(24)25-21(3,4)5;1-13(2)15(12-14-8-5-4-6-9-14)17(20)19-11-7-10-16(19)18(21)22-3;1-13(2)16(12-15-8-5-4-6-9-15)18(21)19-11-7-10-17(19)14(3)20;1-9(2)8-11(10(3)4)13(16)15-7-5-6-12(15)14(17)18;1-8(2)10(7-14)12(16)13-6-4-5-11(13)9(3)15;1-7(2)9(8(3)10)5-6-11-4/h6-8,10-11,15,17-18H,9,12-14H2,1-5H3;4-6,8-9,13,15-16H,7,10-12H2,1-3H3;4-6,8-9,13,16-17H,7,10-12H2,1-3H3;9-12H,5-8H2,1-4H3,(H,17,18);8,10-11,14H,4-7H2,1-3H3;7,9-10H,3,5-6H2,1-2,4H3/t17?,18-;15?,16-;16?,17-;11?,12-;10?,11-;/m00000./s1. The molecule has 5 amide bonds. The molecule has 3 aromatic carbocycles. The van der Waals surface area contributed by atoms with E-state index >= 15 is 0 Å². The number of aliphatic carboxylic acids is 1. The van der Waals surface area contributed by atoms with Gasteiger partial charge in [-0.2, -0.15) is 11.8 Å². The molecule has 0 spiro atoms. The highest BCUT2D eigenvalue weighted by atomic mass is 32.2. The van der Waals surface area contributed by atoms with Crippen molar-refractivity contribution >= 4 is 70.8 Å². The molecule has 634 valence electrons. The fraction of sp³-hybridized carbons (Fsp3) is 0.674. The van der Waals surface area contributed by atoms with Gasteiger partial charge in [0.2, 0.25) is 29.5 Å². The van der Waals surface area contributed by atoms with E-state index in [1.54, 1.807) is 26.5 Å². The molecule has 5 heterocycles. The fourth-order valence-corrected chi connectivity index (χ4v) is 16.1. The number of allylic oxidation sites excluding steroid dienone is 1. The predicted molar refractivity (Wildman–Crippen MR) is 452 cm³/mol. The fourth-order valence-electron chi connectivity index (χ4n) is 15.6. The number of carbonyl (C=O) groups excluding carboxylic acids is 9. The summed E-state index contributed by atoms with van der Waals surface area (Å²) >= 11 is 1.81. The van der Waals surface area contributed by atoms with Gasteiger partial charge in [-0.15, -0.1) is 0 Å².